The molecule has 0 spiro atoms. The standard InChI is InChI=1S/C19H24N4O/c1-3-10-23(11-4-2)19(24)18(20)12-17-14-22(15-21-17)13-16-8-6-5-7-9-16/h3-9,14-15,18H,1-2,10-13,20H2/t18-/m0/s1. The van der Waals surface area contributed by atoms with E-state index in [0.717, 1.165) is 12.2 Å². The number of rotatable bonds is 9. The minimum atomic E-state index is -0.620. The summed E-state index contributed by atoms with van der Waals surface area (Å²) in [5.74, 6) is -0.118. The van der Waals surface area contributed by atoms with Gasteiger partial charge in [-0.3, -0.25) is 4.79 Å². The third kappa shape index (κ3) is 4.93. The predicted molar refractivity (Wildman–Crippen MR) is 96.4 cm³/mol. The molecule has 1 aromatic carbocycles. The summed E-state index contributed by atoms with van der Waals surface area (Å²) < 4.78 is 1.99. The maximum absolute atomic E-state index is 12.4. The molecule has 2 N–H and O–H groups in total. The van der Waals surface area contributed by atoms with Crippen LogP contribution in [0.2, 0.25) is 0 Å². The summed E-state index contributed by atoms with van der Waals surface area (Å²) in [7, 11) is 0. The molecule has 1 amide bonds. The van der Waals surface area contributed by atoms with Crippen LogP contribution in [0.1, 0.15) is 11.3 Å². The number of hydrogen-bond acceptors (Lipinski definition) is 3. The van der Waals surface area contributed by atoms with Crippen molar-refractivity contribution >= 4 is 5.91 Å². The fraction of sp³-hybridized carbons (Fsp3) is 0.263. The van der Waals surface area contributed by atoms with E-state index in [1.54, 1.807) is 23.4 Å². The van der Waals surface area contributed by atoms with Gasteiger partial charge in [-0.25, -0.2) is 4.98 Å². The molecule has 0 aliphatic heterocycles. The number of hydrogen-bond donors (Lipinski definition) is 1. The number of nitrogens with two attached hydrogens (primary N) is 1. The lowest BCUT2D eigenvalue weighted by atomic mass is 10.1. The highest BCUT2D eigenvalue weighted by atomic mass is 16.2. The molecule has 5 nitrogen and oxygen atoms in total. The molecule has 2 aromatic rings. The largest absolute Gasteiger partial charge is 0.334 e. The van der Waals surface area contributed by atoms with Crippen LogP contribution >= 0.6 is 0 Å². The zero-order valence-corrected chi connectivity index (χ0v) is 13.8. The van der Waals surface area contributed by atoms with E-state index in [2.05, 4.69) is 30.3 Å². The molecule has 0 aliphatic carbocycles. The first kappa shape index (κ1) is 17.7. The highest BCUT2D eigenvalue weighted by molar-refractivity contribution is 5.82. The molecule has 126 valence electrons. The first-order chi connectivity index (χ1) is 11.6. The molecule has 0 saturated heterocycles. The maximum Gasteiger partial charge on any atom is 0.240 e. The Morgan fingerprint density at radius 1 is 1.25 bits per heavy atom. The lowest BCUT2D eigenvalue weighted by Gasteiger charge is -2.22. The fourth-order valence-corrected chi connectivity index (χ4v) is 2.51. The van der Waals surface area contributed by atoms with E-state index in [0.29, 0.717) is 19.5 Å². The van der Waals surface area contributed by atoms with Crippen molar-refractivity contribution in [2.45, 2.75) is 19.0 Å². The van der Waals surface area contributed by atoms with Gasteiger partial charge in [0.1, 0.15) is 0 Å². The molecule has 1 atom stereocenters. The SMILES string of the molecule is C=CCN(CC=C)C(=O)[C@@H](N)Cc1cn(Cc2ccccc2)cn1. The van der Waals surface area contributed by atoms with E-state index in [9.17, 15) is 4.79 Å². The van der Waals surface area contributed by atoms with Gasteiger partial charge in [-0.2, -0.15) is 0 Å². The Balaban J connectivity index is 1.96. The third-order valence-electron chi connectivity index (χ3n) is 3.65. The van der Waals surface area contributed by atoms with Gasteiger partial charge in [0.15, 0.2) is 0 Å². The number of nitrogens with zero attached hydrogens (tertiary/aromatic N) is 3. The molecule has 0 fully saturated rings. The van der Waals surface area contributed by atoms with E-state index in [-0.39, 0.29) is 5.91 Å². The Morgan fingerprint density at radius 2 is 1.92 bits per heavy atom. The zero-order valence-electron chi connectivity index (χ0n) is 13.8. The van der Waals surface area contributed by atoms with Crippen molar-refractivity contribution in [2.75, 3.05) is 13.1 Å². The summed E-state index contributed by atoms with van der Waals surface area (Å²) in [6.07, 6.45) is 7.48. The average molecular weight is 324 g/mol. The molecule has 0 bridgehead atoms. The second kappa shape index (κ2) is 8.84. The van der Waals surface area contributed by atoms with E-state index in [1.165, 1.54) is 5.56 Å². The summed E-state index contributed by atoms with van der Waals surface area (Å²) in [6.45, 7) is 9.00. The monoisotopic (exact) mass is 324 g/mol. The number of aromatic nitrogens is 2. The van der Waals surface area contributed by atoms with Crippen molar-refractivity contribution in [3.8, 4) is 0 Å². The lowest BCUT2D eigenvalue weighted by molar-refractivity contribution is -0.131. The van der Waals surface area contributed by atoms with Crippen molar-refractivity contribution in [1.29, 1.82) is 0 Å². The van der Waals surface area contributed by atoms with Gasteiger partial charge in [-0.05, 0) is 5.56 Å². The first-order valence-electron chi connectivity index (χ1n) is 7.94. The maximum atomic E-state index is 12.4. The van der Waals surface area contributed by atoms with Crippen LogP contribution in [0, 0.1) is 0 Å². The quantitative estimate of drug-likeness (QED) is 0.718. The summed E-state index contributed by atoms with van der Waals surface area (Å²) >= 11 is 0. The van der Waals surface area contributed by atoms with Gasteiger partial charge >= 0.3 is 0 Å². The van der Waals surface area contributed by atoms with Crippen LogP contribution in [0.3, 0.4) is 0 Å². The van der Waals surface area contributed by atoms with Crippen LogP contribution in [0.15, 0.2) is 68.2 Å². The molecule has 0 unspecified atom stereocenters. The van der Waals surface area contributed by atoms with Gasteiger partial charge in [0.2, 0.25) is 5.91 Å². The molecule has 1 heterocycles. The minimum Gasteiger partial charge on any atom is -0.334 e. The smallest absolute Gasteiger partial charge is 0.240 e. The molecule has 0 aliphatic rings. The molecule has 5 heteroatoms. The van der Waals surface area contributed by atoms with Crippen LogP contribution in [-0.2, 0) is 17.8 Å². The van der Waals surface area contributed by atoms with Gasteiger partial charge < -0.3 is 15.2 Å². The van der Waals surface area contributed by atoms with Gasteiger partial charge in [-0.15, -0.1) is 13.2 Å². The molecular formula is C19H24N4O. The van der Waals surface area contributed by atoms with Crippen molar-refractivity contribution in [1.82, 2.24) is 14.5 Å². The van der Waals surface area contributed by atoms with Crippen LogP contribution in [0.5, 0.6) is 0 Å². The van der Waals surface area contributed by atoms with E-state index < -0.39 is 6.04 Å². The molecule has 1 aromatic heterocycles. The Hall–Kier alpha value is -2.66. The van der Waals surface area contributed by atoms with Crippen LogP contribution < -0.4 is 5.73 Å². The summed E-state index contributed by atoms with van der Waals surface area (Å²) in [5.41, 5.74) is 8.07. The van der Waals surface area contributed by atoms with Crippen LogP contribution in [-0.4, -0.2) is 39.5 Å². The molecule has 24 heavy (non-hydrogen) atoms. The van der Waals surface area contributed by atoms with Gasteiger partial charge in [0.25, 0.3) is 0 Å². The summed E-state index contributed by atoms with van der Waals surface area (Å²) in [6, 6.07) is 9.52. The Morgan fingerprint density at radius 3 is 2.54 bits per heavy atom. The Labute approximate surface area is 143 Å². The number of imidazole rings is 1. The highest BCUT2D eigenvalue weighted by Gasteiger charge is 2.20. The summed E-state index contributed by atoms with van der Waals surface area (Å²) in [5, 5.41) is 0. The van der Waals surface area contributed by atoms with Crippen molar-refractivity contribution in [3.05, 3.63) is 79.4 Å². The average Bonchev–Trinajstić information content (AvgIpc) is 3.01. The van der Waals surface area contributed by atoms with Crippen LogP contribution in [0.25, 0.3) is 0 Å². The molecule has 0 saturated carbocycles. The van der Waals surface area contributed by atoms with Gasteiger partial charge in [0, 0.05) is 32.3 Å². The number of benzene rings is 1. The Bertz CT molecular complexity index is 668. The van der Waals surface area contributed by atoms with Gasteiger partial charge in [0.05, 0.1) is 18.1 Å². The number of carbonyl (C=O) groups is 1. The second-order valence-electron chi connectivity index (χ2n) is 5.65. The Kier molecular flexibility index (Phi) is 6.51. The molecular weight excluding hydrogens is 300 g/mol. The predicted octanol–water partition coefficient (Wildman–Crippen LogP) is 2.00. The number of amides is 1. The normalized spacial score (nSPS) is 11.7. The van der Waals surface area contributed by atoms with Crippen molar-refractivity contribution < 1.29 is 4.79 Å². The van der Waals surface area contributed by atoms with E-state index >= 15 is 0 Å². The third-order valence-corrected chi connectivity index (χ3v) is 3.65. The zero-order chi connectivity index (χ0) is 17.4. The van der Waals surface area contributed by atoms with Gasteiger partial charge in [-0.1, -0.05) is 42.5 Å². The first-order valence-corrected chi connectivity index (χ1v) is 7.94. The van der Waals surface area contributed by atoms with Crippen molar-refractivity contribution in [3.63, 3.8) is 0 Å². The fourth-order valence-electron chi connectivity index (χ4n) is 2.51. The topological polar surface area (TPSA) is 64.2 Å². The molecule has 0 radical (unpaired) electrons. The van der Waals surface area contributed by atoms with Crippen molar-refractivity contribution in [2.24, 2.45) is 5.73 Å². The van der Waals surface area contributed by atoms with Crippen LogP contribution in [0.4, 0.5) is 0 Å². The van der Waals surface area contributed by atoms with E-state index in [4.69, 9.17) is 5.73 Å². The second-order valence-corrected chi connectivity index (χ2v) is 5.65. The highest BCUT2D eigenvalue weighted by Crippen LogP contribution is 2.07. The minimum absolute atomic E-state index is 0.118. The summed E-state index contributed by atoms with van der Waals surface area (Å²) in [4.78, 5) is 18.4. The van der Waals surface area contributed by atoms with E-state index in [1.807, 2.05) is 29.0 Å². The lowest BCUT2D eigenvalue weighted by Crippen LogP contribution is -2.45. The molecule has 2 rings (SSSR count). The number of carbonyl (C=O) groups excluding carboxylic acids is 1.